The monoisotopic (exact) mass is 202 g/mol. The first kappa shape index (κ1) is 10.2. The summed E-state index contributed by atoms with van der Waals surface area (Å²) in [5.41, 5.74) is 3.91. The van der Waals surface area contributed by atoms with Crippen LogP contribution in [-0.4, -0.2) is 9.78 Å². The van der Waals surface area contributed by atoms with Crippen LogP contribution < -0.4 is 0 Å². The molecule has 0 unspecified atom stereocenters. The van der Waals surface area contributed by atoms with Crippen molar-refractivity contribution >= 4 is 10.9 Å². The Balaban J connectivity index is 2.87. The molecular formula is C13H18N2. The Morgan fingerprint density at radius 1 is 1.20 bits per heavy atom. The molecule has 0 aliphatic carbocycles. The Labute approximate surface area is 90.9 Å². The number of aryl methyl sites for hydroxylation is 2. The van der Waals surface area contributed by atoms with Gasteiger partial charge in [0, 0.05) is 12.4 Å². The van der Waals surface area contributed by atoms with Crippen molar-refractivity contribution in [2.24, 2.45) is 7.05 Å². The maximum Gasteiger partial charge on any atom is 0.0719 e. The molecule has 0 saturated heterocycles. The second-order valence-electron chi connectivity index (χ2n) is 5.16. The Morgan fingerprint density at radius 3 is 2.47 bits per heavy atom. The number of fused-ring (bicyclic) bond motifs is 1. The van der Waals surface area contributed by atoms with Gasteiger partial charge in [0.2, 0.25) is 0 Å². The van der Waals surface area contributed by atoms with Gasteiger partial charge in [0.05, 0.1) is 11.2 Å². The third kappa shape index (κ3) is 1.54. The summed E-state index contributed by atoms with van der Waals surface area (Å²) in [6.45, 7) is 8.78. The minimum atomic E-state index is 0.166. The van der Waals surface area contributed by atoms with Crippen molar-refractivity contribution in [2.75, 3.05) is 0 Å². The van der Waals surface area contributed by atoms with Crippen molar-refractivity contribution in [3.05, 3.63) is 29.5 Å². The van der Waals surface area contributed by atoms with E-state index in [1.165, 1.54) is 16.5 Å². The summed E-state index contributed by atoms with van der Waals surface area (Å²) in [5, 5.41) is 5.75. The predicted molar refractivity (Wildman–Crippen MR) is 64.2 cm³/mol. The van der Waals surface area contributed by atoms with Gasteiger partial charge in [-0.3, -0.25) is 4.68 Å². The summed E-state index contributed by atoms with van der Waals surface area (Å²) in [6, 6.07) is 6.47. The smallest absolute Gasteiger partial charge is 0.0719 e. The molecule has 0 spiro atoms. The number of benzene rings is 1. The van der Waals surface area contributed by atoms with Gasteiger partial charge in [-0.1, -0.05) is 39.0 Å². The molecule has 0 amide bonds. The van der Waals surface area contributed by atoms with Crippen LogP contribution >= 0.6 is 0 Å². The standard InChI is InChI=1S/C13H18N2/c1-9-10-7-6-8-11(13(2,3)4)12(10)15(5)14-9/h6-8H,1-5H3. The molecule has 2 heteroatoms. The molecule has 15 heavy (non-hydrogen) atoms. The second-order valence-corrected chi connectivity index (χ2v) is 5.16. The van der Waals surface area contributed by atoms with Crippen LogP contribution in [0.3, 0.4) is 0 Å². The van der Waals surface area contributed by atoms with Gasteiger partial charge in [0.25, 0.3) is 0 Å². The maximum absolute atomic E-state index is 4.48. The quantitative estimate of drug-likeness (QED) is 0.641. The average molecular weight is 202 g/mol. The van der Waals surface area contributed by atoms with Crippen molar-refractivity contribution in [1.29, 1.82) is 0 Å². The molecule has 0 aliphatic heterocycles. The third-order valence-electron chi connectivity index (χ3n) is 2.86. The molecule has 0 N–H and O–H groups in total. The summed E-state index contributed by atoms with van der Waals surface area (Å²) in [7, 11) is 2.02. The molecule has 2 aromatic rings. The van der Waals surface area contributed by atoms with Gasteiger partial charge < -0.3 is 0 Å². The number of aromatic nitrogens is 2. The van der Waals surface area contributed by atoms with Gasteiger partial charge in [-0.05, 0) is 17.9 Å². The summed E-state index contributed by atoms with van der Waals surface area (Å²) >= 11 is 0. The van der Waals surface area contributed by atoms with E-state index in [9.17, 15) is 0 Å². The Morgan fingerprint density at radius 2 is 1.87 bits per heavy atom. The third-order valence-corrected chi connectivity index (χ3v) is 2.86. The molecule has 0 aliphatic rings. The van der Waals surface area contributed by atoms with E-state index in [2.05, 4.69) is 51.0 Å². The van der Waals surface area contributed by atoms with E-state index in [1.54, 1.807) is 0 Å². The highest BCUT2D eigenvalue weighted by atomic mass is 15.3. The van der Waals surface area contributed by atoms with Crippen LogP contribution in [0.25, 0.3) is 10.9 Å². The molecule has 0 fully saturated rings. The van der Waals surface area contributed by atoms with Crippen LogP contribution in [0.2, 0.25) is 0 Å². The van der Waals surface area contributed by atoms with Crippen LogP contribution in [0.1, 0.15) is 32.0 Å². The van der Waals surface area contributed by atoms with Crippen molar-refractivity contribution in [3.8, 4) is 0 Å². The second kappa shape index (κ2) is 3.09. The maximum atomic E-state index is 4.48. The highest BCUT2D eigenvalue weighted by molar-refractivity contribution is 5.85. The molecule has 0 radical (unpaired) electrons. The van der Waals surface area contributed by atoms with Crippen LogP contribution in [0, 0.1) is 6.92 Å². The van der Waals surface area contributed by atoms with E-state index in [-0.39, 0.29) is 5.41 Å². The molecule has 1 aromatic carbocycles. The number of hydrogen-bond acceptors (Lipinski definition) is 1. The minimum Gasteiger partial charge on any atom is -0.267 e. The predicted octanol–water partition coefficient (Wildman–Crippen LogP) is 3.18. The van der Waals surface area contributed by atoms with Crippen LogP contribution in [-0.2, 0) is 12.5 Å². The molecule has 80 valence electrons. The molecule has 0 bridgehead atoms. The summed E-state index contributed by atoms with van der Waals surface area (Å²) in [4.78, 5) is 0. The van der Waals surface area contributed by atoms with Crippen molar-refractivity contribution in [2.45, 2.75) is 33.1 Å². The zero-order valence-electron chi connectivity index (χ0n) is 10.1. The van der Waals surface area contributed by atoms with Crippen LogP contribution in [0.15, 0.2) is 18.2 Å². The molecule has 2 nitrogen and oxygen atoms in total. The fraction of sp³-hybridized carbons (Fsp3) is 0.462. The minimum absolute atomic E-state index is 0.166. The van der Waals surface area contributed by atoms with Gasteiger partial charge in [-0.15, -0.1) is 0 Å². The largest absolute Gasteiger partial charge is 0.267 e. The first-order chi connectivity index (χ1) is 6.91. The van der Waals surface area contributed by atoms with E-state index in [0.717, 1.165) is 5.69 Å². The lowest BCUT2D eigenvalue weighted by molar-refractivity contribution is 0.590. The number of hydrogen-bond donors (Lipinski definition) is 0. The molecule has 0 saturated carbocycles. The van der Waals surface area contributed by atoms with Gasteiger partial charge in [-0.2, -0.15) is 5.10 Å². The highest BCUT2D eigenvalue weighted by Gasteiger charge is 2.19. The molecule has 2 rings (SSSR count). The molecular weight excluding hydrogens is 184 g/mol. The molecule has 0 atom stereocenters. The number of rotatable bonds is 0. The zero-order chi connectivity index (χ0) is 11.2. The first-order valence-electron chi connectivity index (χ1n) is 5.34. The van der Waals surface area contributed by atoms with Crippen molar-refractivity contribution in [3.63, 3.8) is 0 Å². The van der Waals surface area contributed by atoms with Crippen LogP contribution in [0.4, 0.5) is 0 Å². The number of para-hydroxylation sites is 1. The van der Waals surface area contributed by atoms with E-state index < -0.39 is 0 Å². The van der Waals surface area contributed by atoms with Crippen molar-refractivity contribution in [1.82, 2.24) is 9.78 Å². The van der Waals surface area contributed by atoms with E-state index in [0.29, 0.717) is 0 Å². The summed E-state index contributed by atoms with van der Waals surface area (Å²) < 4.78 is 1.99. The topological polar surface area (TPSA) is 17.8 Å². The highest BCUT2D eigenvalue weighted by Crippen LogP contribution is 2.30. The Kier molecular flexibility index (Phi) is 2.10. The molecule has 1 aromatic heterocycles. The van der Waals surface area contributed by atoms with E-state index in [1.807, 2.05) is 11.7 Å². The fourth-order valence-electron chi connectivity index (χ4n) is 2.12. The van der Waals surface area contributed by atoms with Crippen LogP contribution in [0.5, 0.6) is 0 Å². The first-order valence-corrected chi connectivity index (χ1v) is 5.34. The summed E-state index contributed by atoms with van der Waals surface area (Å²) in [6.07, 6.45) is 0. The fourth-order valence-corrected chi connectivity index (χ4v) is 2.12. The van der Waals surface area contributed by atoms with Crippen molar-refractivity contribution < 1.29 is 0 Å². The lowest BCUT2D eigenvalue weighted by atomic mass is 9.85. The zero-order valence-corrected chi connectivity index (χ0v) is 10.1. The van der Waals surface area contributed by atoms with E-state index >= 15 is 0 Å². The van der Waals surface area contributed by atoms with Gasteiger partial charge in [0.1, 0.15) is 0 Å². The van der Waals surface area contributed by atoms with E-state index in [4.69, 9.17) is 0 Å². The SMILES string of the molecule is Cc1nn(C)c2c(C(C)(C)C)cccc12. The van der Waals surface area contributed by atoms with Gasteiger partial charge in [0.15, 0.2) is 0 Å². The number of nitrogens with zero attached hydrogens (tertiary/aromatic N) is 2. The molecule has 1 heterocycles. The van der Waals surface area contributed by atoms with Gasteiger partial charge in [-0.25, -0.2) is 0 Å². The average Bonchev–Trinajstić information content (AvgIpc) is 2.41. The van der Waals surface area contributed by atoms with Gasteiger partial charge >= 0.3 is 0 Å². The Hall–Kier alpha value is -1.31. The lowest BCUT2D eigenvalue weighted by Crippen LogP contribution is -2.12. The Bertz CT molecular complexity index is 501. The lowest BCUT2D eigenvalue weighted by Gasteiger charge is -2.20. The normalized spacial score (nSPS) is 12.3. The summed E-state index contributed by atoms with van der Waals surface area (Å²) in [5.74, 6) is 0.